The van der Waals surface area contributed by atoms with E-state index in [-0.39, 0.29) is 24.2 Å². The summed E-state index contributed by atoms with van der Waals surface area (Å²) in [5.74, 6) is -0.360. The Hall–Kier alpha value is -1.65. The molecular formula is C10H15N3O2. The number of nitrogens with zero attached hydrogens (tertiary/aromatic N) is 2. The highest BCUT2D eigenvalue weighted by Crippen LogP contribution is 1.92. The molecule has 5 nitrogen and oxygen atoms in total. The Morgan fingerprint density at radius 3 is 2.80 bits per heavy atom. The monoisotopic (exact) mass is 209 g/mol. The van der Waals surface area contributed by atoms with Gasteiger partial charge in [0.25, 0.3) is 0 Å². The number of hydrogen-bond acceptors (Lipinski definition) is 3. The lowest BCUT2D eigenvalue weighted by Crippen LogP contribution is -2.36. The summed E-state index contributed by atoms with van der Waals surface area (Å²) in [5, 5.41) is 6.75. The van der Waals surface area contributed by atoms with Gasteiger partial charge < -0.3 is 5.32 Å². The number of Topliss-reactive ketones (excluding diaryl/α,β-unsaturated/α-hetero) is 1. The van der Waals surface area contributed by atoms with Crippen molar-refractivity contribution in [1.82, 2.24) is 15.1 Å². The molecule has 1 atom stereocenters. The summed E-state index contributed by atoms with van der Waals surface area (Å²) in [7, 11) is 0. The minimum absolute atomic E-state index is 0.0308. The largest absolute Gasteiger partial charge is 0.351 e. The summed E-state index contributed by atoms with van der Waals surface area (Å²) in [5.41, 5.74) is 0. The number of amides is 1. The van der Waals surface area contributed by atoms with Crippen LogP contribution < -0.4 is 5.32 Å². The second kappa shape index (κ2) is 5.29. The Kier molecular flexibility index (Phi) is 4.03. The molecule has 0 aliphatic heterocycles. The highest BCUT2D eigenvalue weighted by Gasteiger charge is 2.09. The molecule has 0 radical (unpaired) electrons. The molecule has 0 bridgehead atoms. The predicted molar refractivity (Wildman–Crippen MR) is 55.1 cm³/mol. The summed E-state index contributed by atoms with van der Waals surface area (Å²) in [4.78, 5) is 21.9. The van der Waals surface area contributed by atoms with Crippen molar-refractivity contribution < 1.29 is 9.59 Å². The average molecular weight is 209 g/mol. The molecule has 82 valence electrons. The van der Waals surface area contributed by atoms with Crippen molar-refractivity contribution in [2.45, 2.75) is 32.9 Å². The fraction of sp³-hybridized carbons (Fsp3) is 0.500. The Bertz CT molecular complexity index is 332. The van der Waals surface area contributed by atoms with Crippen molar-refractivity contribution in [3.05, 3.63) is 18.5 Å². The van der Waals surface area contributed by atoms with E-state index in [1.807, 2.05) is 19.2 Å². The van der Waals surface area contributed by atoms with E-state index in [4.69, 9.17) is 0 Å². The summed E-state index contributed by atoms with van der Waals surface area (Å²) in [6, 6.07) is 1.79. The van der Waals surface area contributed by atoms with Gasteiger partial charge in [-0.1, -0.05) is 0 Å². The van der Waals surface area contributed by atoms with Crippen LogP contribution in [-0.2, 0) is 16.1 Å². The normalized spacial score (nSPS) is 12.1. The first-order chi connectivity index (χ1) is 7.08. The Morgan fingerprint density at radius 2 is 2.27 bits per heavy atom. The fourth-order valence-corrected chi connectivity index (χ4v) is 1.29. The summed E-state index contributed by atoms with van der Waals surface area (Å²) >= 11 is 0. The van der Waals surface area contributed by atoms with Gasteiger partial charge in [-0.05, 0) is 19.9 Å². The maximum absolute atomic E-state index is 11.2. The highest BCUT2D eigenvalue weighted by molar-refractivity contribution is 5.96. The van der Waals surface area contributed by atoms with Gasteiger partial charge in [-0.15, -0.1) is 0 Å². The molecule has 0 saturated carbocycles. The predicted octanol–water partition coefficient (Wildman–Crippen LogP) is 0.367. The summed E-state index contributed by atoms with van der Waals surface area (Å²) < 4.78 is 1.73. The highest BCUT2D eigenvalue weighted by atomic mass is 16.2. The van der Waals surface area contributed by atoms with E-state index < -0.39 is 0 Å². The van der Waals surface area contributed by atoms with Crippen LogP contribution in [0.5, 0.6) is 0 Å². The molecule has 0 saturated heterocycles. The van der Waals surface area contributed by atoms with E-state index in [1.54, 1.807) is 10.9 Å². The van der Waals surface area contributed by atoms with Crippen LogP contribution in [0, 0.1) is 0 Å². The molecule has 1 heterocycles. The van der Waals surface area contributed by atoms with Crippen LogP contribution in [0.2, 0.25) is 0 Å². The SMILES string of the molecule is CC(=O)CC(=O)NC(C)Cn1cccn1. The van der Waals surface area contributed by atoms with Gasteiger partial charge >= 0.3 is 0 Å². The number of carbonyl (C=O) groups is 2. The Morgan fingerprint density at radius 1 is 1.53 bits per heavy atom. The standard InChI is InChI=1S/C10H15N3O2/c1-8(7-13-5-3-4-11-13)12-10(15)6-9(2)14/h3-5,8H,6-7H2,1-2H3,(H,12,15). The third-order valence-electron chi connectivity index (χ3n) is 1.84. The number of nitrogens with one attached hydrogen (secondary N) is 1. The molecule has 1 aromatic rings. The molecule has 0 spiro atoms. The van der Waals surface area contributed by atoms with Gasteiger partial charge in [0.15, 0.2) is 0 Å². The number of hydrogen-bond donors (Lipinski definition) is 1. The zero-order chi connectivity index (χ0) is 11.3. The molecule has 1 rings (SSSR count). The van der Waals surface area contributed by atoms with E-state index in [1.165, 1.54) is 6.92 Å². The number of ketones is 1. The zero-order valence-electron chi connectivity index (χ0n) is 8.93. The van der Waals surface area contributed by atoms with Crippen LogP contribution in [0.1, 0.15) is 20.3 Å². The minimum Gasteiger partial charge on any atom is -0.351 e. The number of aromatic nitrogens is 2. The third kappa shape index (κ3) is 4.39. The molecule has 1 amide bonds. The molecular weight excluding hydrogens is 194 g/mol. The topological polar surface area (TPSA) is 64.0 Å². The lowest BCUT2D eigenvalue weighted by Gasteiger charge is -2.13. The number of carbonyl (C=O) groups excluding carboxylic acids is 2. The summed E-state index contributed by atoms with van der Waals surface area (Å²) in [6.45, 7) is 3.88. The van der Waals surface area contributed by atoms with Crippen LogP contribution in [0.25, 0.3) is 0 Å². The molecule has 0 aromatic carbocycles. The van der Waals surface area contributed by atoms with Crippen molar-refractivity contribution in [1.29, 1.82) is 0 Å². The molecule has 1 N–H and O–H groups in total. The molecule has 15 heavy (non-hydrogen) atoms. The Balaban J connectivity index is 2.32. The molecule has 1 aromatic heterocycles. The maximum Gasteiger partial charge on any atom is 0.227 e. The van der Waals surface area contributed by atoms with Gasteiger partial charge in [-0.25, -0.2) is 0 Å². The van der Waals surface area contributed by atoms with E-state index in [9.17, 15) is 9.59 Å². The van der Waals surface area contributed by atoms with Crippen LogP contribution >= 0.6 is 0 Å². The molecule has 0 aliphatic rings. The lowest BCUT2D eigenvalue weighted by atomic mass is 10.2. The van der Waals surface area contributed by atoms with Gasteiger partial charge in [-0.2, -0.15) is 5.10 Å². The van der Waals surface area contributed by atoms with E-state index >= 15 is 0 Å². The zero-order valence-corrected chi connectivity index (χ0v) is 8.93. The van der Waals surface area contributed by atoms with Crippen LogP contribution in [-0.4, -0.2) is 27.5 Å². The molecule has 0 fully saturated rings. The van der Waals surface area contributed by atoms with Gasteiger partial charge in [0.1, 0.15) is 5.78 Å². The first-order valence-electron chi connectivity index (χ1n) is 4.84. The quantitative estimate of drug-likeness (QED) is 0.712. The van der Waals surface area contributed by atoms with E-state index in [0.29, 0.717) is 6.54 Å². The van der Waals surface area contributed by atoms with Crippen molar-refractivity contribution in [3.63, 3.8) is 0 Å². The van der Waals surface area contributed by atoms with Crippen molar-refractivity contribution in [2.24, 2.45) is 0 Å². The van der Waals surface area contributed by atoms with Crippen LogP contribution in [0.3, 0.4) is 0 Å². The van der Waals surface area contributed by atoms with Gasteiger partial charge in [-0.3, -0.25) is 14.3 Å². The smallest absolute Gasteiger partial charge is 0.227 e. The maximum atomic E-state index is 11.2. The summed E-state index contributed by atoms with van der Waals surface area (Å²) in [6.07, 6.45) is 3.46. The lowest BCUT2D eigenvalue weighted by molar-refractivity contribution is -0.127. The molecule has 0 aliphatic carbocycles. The van der Waals surface area contributed by atoms with Crippen molar-refractivity contribution in [3.8, 4) is 0 Å². The Labute approximate surface area is 88.5 Å². The van der Waals surface area contributed by atoms with Crippen molar-refractivity contribution in [2.75, 3.05) is 0 Å². The third-order valence-corrected chi connectivity index (χ3v) is 1.84. The van der Waals surface area contributed by atoms with E-state index in [2.05, 4.69) is 10.4 Å². The minimum atomic E-state index is -0.234. The fourth-order valence-electron chi connectivity index (χ4n) is 1.29. The second-order valence-electron chi connectivity index (χ2n) is 3.58. The van der Waals surface area contributed by atoms with Crippen molar-refractivity contribution >= 4 is 11.7 Å². The van der Waals surface area contributed by atoms with Crippen LogP contribution in [0.4, 0.5) is 0 Å². The van der Waals surface area contributed by atoms with Gasteiger partial charge in [0.05, 0.1) is 13.0 Å². The average Bonchev–Trinajstić information content (AvgIpc) is 2.53. The van der Waals surface area contributed by atoms with Gasteiger partial charge in [0.2, 0.25) is 5.91 Å². The van der Waals surface area contributed by atoms with E-state index in [0.717, 1.165) is 0 Å². The van der Waals surface area contributed by atoms with Gasteiger partial charge in [0, 0.05) is 18.4 Å². The molecule has 1 unspecified atom stereocenters. The first kappa shape index (κ1) is 11.4. The second-order valence-corrected chi connectivity index (χ2v) is 3.58. The van der Waals surface area contributed by atoms with Crippen LogP contribution in [0.15, 0.2) is 18.5 Å². The number of rotatable bonds is 5. The molecule has 5 heteroatoms. The first-order valence-corrected chi connectivity index (χ1v) is 4.84.